The monoisotopic (exact) mass is 391 g/mol. The molecule has 0 spiro atoms. The summed E-state index contributed by atoms with van der Waals surface area (Å²) < 4.78 is 34.0. The van der Waals surface area contributed by atoms with Gasteiger partial charge in [-0.1, -0.05) is 12.1 Å². The van der Waals surface area contributed by atoms with Gasteiger partial charge in [-0.25, -0.2) is 8.42 Å². The van der Waals surface area contributed by atoms with Crippen LogP contribution in [0.5, 0.6) is 5.75 Å². The van der Waals surface area contributed by atoms with Crippen molar-refractivity contribution in [1.82, 2.24) is 14.2 Å². The van der Waals surface area contributed by atoms with Crippen molar-refractivity contribution in [2.24, 2.45) is 7.05 Å². The molecule has 0 radical (unpaired) electrons. The zero-order valence-corrected chi connectivity index (χ0v) is 16.7. The van der Waals surface area contributed by atoms with Gasteiger partial charge in [0.25, 0.3) is 5.91 Å². The van der Waals surface area contributed by atoms with Crippen LogP contribution in [0.1, 0.15) is 34.6 Å². The maximum atomic E-state index is 12.9. The number of rotatable bonds is 6. The molecule has 1 N–H and O–H groups in total. The van der Waals surface area contributed by atoms with Crippen molar-refractivity contribution in [3.05, 3.63) is 47.3 Å². The maximum absolute atomic E-state index is 12.9. The molecule has 0 saturated carbocycles. The minimum Gasteiger partial charge on any atom is -0.497 e. The van der Waals surface area contributed by atoms with Gasteiger partial charge in [0, 0.05) is 32.4 Å². The van der Waals surface area contributed by atoms with Gasteiger partial charge in [0.15, 0.2) is 0 Å². The molecule has 1 amide bonds. The number of benzene rings is 1. The van der Waals surface area contributed by atoms with Gasteiger partial charge >= 0.3 is 0 Å². The Kier molecular flexibility index (Phi) is 5.57. The lowest BCUT2D eigenvalue weighted by Gasteiger charge is -2.15. The van der Waals surface area contributed by atoms with Crippen molar-refractivity contribution < 1.29 is 17.9 Å². The summed E-state index contributed by atoms with van der Waals surface area (Å²) >= 11 is 0. The van der Waals surface area contributed by atoms with Gasteiger partial charge in [-0.15, -0.1) is 0 Å². The summed E-state index contributed by atoms with van der Waals surface area (Å²) in [7, 11) is -0.268. The number of ether oxygens (including phenoxy) is 1. The summed E-state index contributed by atoms with van der Waals surface area (Å²) in [6, 6.07) is 8.90. The summed E-state index contributed by atoms with van der Waals surface area (Å²) in [5.41, 5.74) is 1.79. The lowest BCUT2D eigenvalue weighted by atomic mass is 10.2. The Labute approximate surface area is 160 Å². The second-order valence-electron chi connectivity index (χ2n) is 6.68. The number of amides is 1. The van der Waals surface area contributed by atoms with Gasteiger partial charge < -0.3 is 14.6 Å². The fourth-order valence-electron chi connectivity index (χ4n) is 3.27. The number of sulfonamides is 1. The van der Waals surface area contributed by atoms with Gasteiger partial charge in [-0.3, -0.25) is 4.79 Å². The second-order valence-corrected chi connectivity index (χ2v) is 8.59. The van der Waals surface area contributed by atoms with Crippen molar-refractivity contribution in [2.45, 2.75) is 31.2 Å². The zero-order valence-electron chi connectivity index (χ0n) is 15.9. The van der Waals surface area contributed by atoms with Gasteiger partial charge in [-0.2, -0.15) is 4.31 Å². The molecule has 27 heavy (non-hydrogen) atoms. The number of methoxy groups -OCH3 is 1. The van der Waals surface area contributed by atoms with E-state index in [2.05, 4.69) is 5.32 Å². The van der Waals surface area contributed by atoms with Gasteiger partial charge in [0.1, 0.15) is 16.3 Å². The molecule has 146 valence electrons. The highest BCUT2D eigenvalue weighted by molar-refractivity contribution is 7.89. The summed E-state index contributed by atoms with van der Waals surface area (Å²) in [6.45, 7) is 3.12. The van der Waals surface area contributed by atoms with Gasteiger partial charge in [-0.05, 0) is 43.5 Å². The summed E-state index contributed by atoms with van der Waals surface area (Å²) in [5, 5.41) is 2.85. The Bertz CT molecular complexity index is 944. The van der Waals surface area contributed by atoms with E-state index in [1.165, 1.54) is 10.4 Å². The third-order valence-electron chi connectivity index (χ3n) is 4.99. The van der Waals surface area contributed by atoms with Crippen molar-refractivity contribution in [1.29, 1.82) is 0 Å². The largest absolute Gasteiger partial charge is 0.497 e. The average molecular weight is 391 g/mol. The van der Waals surface area contributed by atoms with Gasteiger partial charge in [0.05, 0.1) is 7.11 Å². The first-order valence-electron chi connectivity index (χ1n) is 8.92. The molecule has 7 nitrogen and oxygen atoms in total. The molecule has 2 aromatic rings. The van der Waals surface area contributed by atoms with Crippen molar-refractivity contribution in [3.63, 3.8) is 0 Å². The fraction of sp³-hybridized carbons (Fsp3) is 0.421. The highest BCUT2D eigenvalue weighted by Gasteiger charge is 2.31. The van der Waals surface area contributed by atoms with Crippen molar-refractivity contribution >= 4 is 15.9 Å². The molecule has 1 aliphatic heterocycles. The number of nitrogens with one attached hydrogen (secondary N) is 1. The highest BCUT2D eigenvalue weighted by atomic mass is 32.2. The SMILES string of the molecule is COc1cccc(CNC(=O)c2cc(S(=O)(=O)N3CCCC3)c(C)n2C)c1. The van der Waals surface area contributed by atoms with E-state index in [0.29, 0.717) is 31.0 Å². The molecular weight excluding hydrogens is 366 g/mol. The summed E-state index contributed by atoms with van der Waals surface area (Å²) in [5.74, 6) is 0.404. The van der Waals surface area contributed by atoms with Crippen LogP contribution in [0.2, 0.25) is 0 Å². The van der Waals surface area contributed by atoms with Crippen LogP contribution in [0.25, 0.3) is 0 Å². The minimum absolute atomic E-state index is 0.207. The van der Waals surface area contributed by atoms with Crippen LogP contribution in [-0.4, -0.2) is 43.4 Å². The second kappa shape index (κ2) is 7.74. The minimum atomic E-state index is -3.56. The zero-order chi connectivity index (χ0) is 19.6. The average Bonchev–Trinajstić information content (AvgIpc) is 3.30. The predicted molar refractivity (Wildman–Crippen MR) is 102 cm³/mol. The highest BCUT2D eigenvalue weighted by Crippen LogP contribution is 2.26. The maximum Gasteiger partial charge on any atom is 0.268 e. The molecule has 1 aliphatic rings. The molecule has 1 aromatic heterocycles. The van der Waals surface area contributed by atoms with E-state index in [1.807, 2.05) is 24.3 Å². The number of aromatic nitrogens is 1. The third kappa shape index (κ3) is 3.86. The third-order valence-corrected chi connectivity index (χ3v) is 7.01. The predicted octanol–water partition coefficient (Wildman–Crippen LogP) is 2.06. The fourth-order valence-corrected chi connectivity index (χ4v) is 5.06. The normalized spacial score (nSPS) is 15.1. The lowest BCUT2D eigenvalue weighted by molar-refractivity contribution is 0.0942. The van der Waals surface area contributed by atoms with Crippen LogP contribution in [-0.2, 0) is 23.6 Å². The van der Waals surface area contributed by atoms with Crippen LogP contribution >= 0.6 is 0 Å². The Morgan fingerprint density at radius 2 is 1.93 bits per heavy atom. The molecular formula is C19H25N3O4S. The van der Waals surface area contributed by atoms with E-state index in [4.69, 9.17) is 4.74 Å². The topological polar surface area (TPSA) is 80.6 Å². The van der Waals surface area contributed by atoms with Crippen LogP contribution in [0.3, 0.4) is 0 Å². The Morgan fingerprint density at radius 3 is 2.59 bits per heavy atom. The first-order chi connectivity index (χ1) is 12.8. The van der Waals surface area contributed by atoms with Crippen LogP contribution in [0.4, 0.5) is 0 Å². The quantitative estimate of drug-likeness (QED) is 0.817. The summed E-state index contributed by atoms with van der Waals surface area (Å²) in [4.78, 5) is 12.8. The van der Waals surface area contributed by atoms with Crippen molar-refractivity contribution in [2.75, 3.05) is 20.2 Å². The molecule has 8 heteroatoms. The molecule has 3 rings (SSSR count). The number of nitrogens with zero attached hydrogens (tertiary/aromatic N) is 2. The first-order valence-corrected chi connectivity index (χ1v) is 10.4. The molecule has 1 aromatic carbocycles. The van der Waals surface area contributed by atoms with Crippen molar-refractivity contribution in [3.8, 4) is 5.75 Å². The molecule has 0 bridgehead atoms. The van der Waals surface area contributed by atoms with E-state index >= 15 is 0 Å². The molecule has 0 aliphatic carbocycles. The van der Waals surface area contributed by atoms with Gasteiger partial charge in [0.2, 0.25) is 10.0 Å². The molecule has 1 saturated heterocycles. The smallest absolute Gasteiger partial charge is 0.268 e. The molecule has 0 atom stereocenters. The Morgan fingerprint density at radius 1 is 1.22 bits per heavy atom. The first kappa shape index (κ1) is 19.4. The van der Waals surface area contributed by atoms with E-state index in [-0.39, 0.29) is 10.8 Å². The Hall–Kier alpha value is -2.32. The molecule has 1 fully saturated rings. The van der Waals surface area contributed by atoms with E-state index in [0.717, 1.165) is 24.2 Å². The standard InChI is InChI=1S/C19H25N3O4S/c1-14-18(27(24,25)22-9-4-5-10-22)12-17(21(14)2)19(23)20-13-15-7-6-8-16(11-15)26-3/h6-8,11-12H,4-5,9-10,13H2,1-3H3,(H,20,23). The van der Waals surface area contributed by atoms with E-state index in [9.17, 15) is 13.2 Å². The lowest BCUT2D eigenvalue weighted by Crippen LogP contribution is -2.28. The number of carbonyl (C=O) groups excluding carboxylic acids is 1. The van der Waals surface area contributed by atoms with E-state index in [1.54, 1.807) is 25.6 Å². The number of carbonyl (C=O) groups is 1. The van der Waals surface area contributed by atoms with Crippen LogP contribution in [0, 0.1) is 6.92 Å². The van der Waals surface area contributed by atoms with Crippen LogP contribution < -0.4 is 10.1 Å². The van der Waals surface area contributed by atoms with E-state index < -0.39 is 10.0 Å². The number of hydrogen-bond acceptors (Lipinski definition) is 4. The molecule has 2 heterocycles. The summed E-state index contributed by atoms with van der Waals surface area (Å²) in [6.07, 6.45) is 1.75. The van der Waals surface area contributed by atoms with Crippen LogP contribution in [0.15, 0.2) is 35.2 Å². The number of hydrogen-bond donors (Lipinski definition) is 1. The Balaban J connectivity index is 1.79. The molecule has 0 unspecified atom stereocenters.